The number of piperidine rings is 1. The predicted octanol–water partition coefficient (Wildman–Crippen LogP) is 1.59. The van der Waals surface area contributed by atoms with Crippen molar-refractivity contribution >= 4 is 5.96 Å². The van der Waals surface area contributed by atoms with Crippen LogP contribution in [-0.2, 0) is 4.74 Å². The lowest BCUT2D eigenvalue weighted by Gasteiger charge is -2.33. The summed E-state index contributed by atoms with van der Waals surface area (Å²) in [7, 11) is 1.83. The number of aliphatic imine (C=N–C) groups is 1. The van der Waals surface area contributed by atoms with Gasteiger partial charge in [-0.2, -0.15) is 0 Å². The molecule has 2 aliphatic rings. The highest BCUT2D eigenvalue weighted by molar-refractivity contribution is 5.79. The number of rotatable bonds is 5. The number of ether oxygens (including phenoxy) is 1. The van der Waals surface area contributed by atoms with Gasteiger partial charge in [0, 0.05) is 39.3 Å². The van der Waals surface area contributed by atoms with Crippen LogP contribution in [0.2, 0.25) is 0 Å². The second-order valence-corrected chi connectivity index (χ2v) is 6.64. The maximum absolute atomic E-state index is 5.80. The van der Waals surface area contributed by atoms with E-state index in [0.29, 0.717) is 0 Å². The molecule has 2 fully saturated rings. The molecule has 0 aliphatic carbocycles. The van der Waals surface area contributed by atoms with Gasteiger partial charge in [-0.05, 0) is 46.1 Å². The summed E-state index contributed by atoms with van der Waals surface area (Å²) < 4.78 is 5.80. The SMILES string of the molecule is CN=C(NCCN1CCCCC1C)NCC1(C)CCCO1. The topological polar surface area (TPSA) is 48.9 Å². The van der Waals surface area contributed by atoms with Gasteiger partial charge < -0.3 is 15.4 Å². The average Bonchev–Trinajstić information content (AvgIpc) is 2.91. The molecule has 2 rings (SSSR count). The minimum absolute atomic E-state index is 0.0288. The van der Waals surface area contributed by atoms with E-state index in [0.717, 1.165) is 51.1 Å². The van der Waals surface area contributed by atoms with Crippen molar-refractivity contribution in [1.29, 1.82) is 0 Å². The first kappa shape index (κ1) is 16.6. The molecule has 0 saturated carbocycles. The van der Waals surface area contributed by atoms with Gasteiger partial charge in [0.1, 0.15) is 0 Å². The molecule has 0 aromatic carbocycles. The fourth-order valence-corrected chi connectivity index (χ4v) is 3.28. The van der Waals surface area contributed by atoms with E-state index in [1.54, 1.807) is 0 Å². The molecule has 5 heteroatoms. The highest BCUT2D eigenvalue weighted by Gasteiger charge is 2.29. The molecule has 0 aromatic heterocycles. The zero-order chi connectivity index (χ0) is 15.1. The molecule has 0 spiro atoms. The van der Waals surface area contributed by atoms with Gasteiger partial charge in [0.05, 0.1) is 5.60 Å². The molecule has 0 bridgehead atoms. The lowest BCUT2D eigenvalue weighted by Crippen LogP contribution is -2.48. The van der Waals surface area contributed by atoms with E-state index < -0.39 is 0 Å². The van der Waals surface area contributed by atoms with Crippen LogP contribution in [0.5, 0.6) is 0 Å². The Morgan fingerprint density at radius 3 is 2.86 bits per heavy atom. The summed E-state index contributed by atoms with van der Waals surface area (Å²) in [5.41, 5.74) is -0.0288. The number of nitrogens with zero attached hydrogens (tertiary/aromatic N) is 2. The van der Waals surface area contributed by atoms with Crippen LogP contribution >= 0.6 is 0 Å². The van der Waals surface area contributed by atoms with Crippen LogP contribution in [0.15, 0.2) is 4.99 Å². The molecule has 0 amide bonds. The fourth-order valence-electron chi connectivity index (χ4n) is 3.28. The van der Waals surface area contributed by atoms with Gasteiger partial charge >= 0.3 is 0 Å². The van der Waals surface area contributed by atoms with E-state index in [4.69, 9.17) is 4.74 Å². The summed E-state index contributed by atoms with van der Waals surface area (Å²) in [6.45, 7) is 9.50. The molecular weight excluding hydrogens is 264 g/mol. The van der Waals surface area contributed by atoms with Crippen LogP contribution in [0.25, 0.3) is 0 Å². The number of nitrogens with one attached hydrogen (secondary N) is 2. The molecule has 2 N–H and O–H groups in total. The van der Waals surface area contributed by atoms with Crippen molar-refractivity contribution in [2.45, 2.75) is 57.6 Å². The Kier molecular flexibility index (Phi) is 6.30. The van der Waals surface area contributed by atoms with Crippen LogP contribution in [0.4, 0.5) is 0 Å². The van der Waals surface area contributed by atoms with E-state index in [9.17, 15) is 0 Å². The first-order valence-electron chi connectivity index (χ1n) is 8.45. The molecule has 21 heavy (non-hydrogen) atoms. The Morgan fingerprint density at radius 1 is 1.33 bits per heavy atom. The maximum atomic E-state index is 5.80. The smallest absolute Gasteiger partial charge is 0.191 e. The molecular formula is C16H32N4O. The van der Waals surface area contributed by atoms with Gasteiger partial charge in [-0.25, -0.2) is 0 Å². The van der Waals surface area contributed by atoms with Crippen LogP contribution in [0.3, 0.4) is 0 Å². The number of likely N-dealkylation sites (tertiary alicyclic amines) is 1. The Morgan fingerprint density at radius 2 is 2.19 bits per heavy atom. The van der Waals surface area contributed by atoms with Crippen LogP contribution < -0.4 is 10.6 Å². The summed E-state index contributed by atoms with van der Waals surface area (Å²) in [5, 5.41) is 6.82. The first-order chi connectivity index (χ1) is 10.1. The molecule has 0 aromatic rings. The van der Waals surface area contributed by atoms with Gasteiger partial charge in [0.15, 0.2) is 5.96 Å². The van der Waals surface area contributed by atoms with Crippen molar-refractivity contribution in [3.63, 3.8) is 0 Å². The third-order valence-electron chi connectivity index (χ3n) is 4.79. The van der Waals surface area contributed by atoms with Crippen molar-refractivity contribution in [2.75, 3.05) is 39.8 Å². The monoisotopic (exact) mass is 296 g/mol. The van der Waals surface area contributed by atoms with Crippen LogP contribution in [0, 0.1) is 0 Å². The summed E-state index contributed by atoms with van der Waals surface area (Å²) in [5.74, 6) is 0.886. The van der Waals surface area contributed by atoms with Crippen molar-refractivity contribution in [3.05, 3.63) is 0 Å². The summed E-state index contributed by atoms with van der Waals surface area (Å²) in [4.78, 5) is 6.88. The molecule has 122 valence electrons. The molecule has 2 saturated heterocycles. The van der Waals surface area contributed by atoms with E-state index in [1.165, 1.54) is 25.8 Å². The number of hydrogen-bond donors (Lipinski definition) is 2. The predicted molar refractivity (Wildman–Crippen MR) is 87.8 cm³/mol. The van der Waals surface area contributed by atoms with E-state index in [-0.39, 0.29) is 5.60 Å². The third-order valence-corrected chi connectivity index (χ3v) is 4.79. The zero-order valence-corrected chi connectivity index (χ0v) is 14.0. The van der Waals surface area contributed by atoms with E-state index in [1.807, 2.05) is 7.05 Å². The van der Waals surface area contributed by atoms with Gasteiger partial charge in [-0.15, -0.1) is 0 Å². The summed E-state index contributed by atoms with van der Waals surface area (Å²) >= 11 is 0. The molecule has 2 heterocycles. The Labute approximate surface area is 129 Å². The van der Waals surface area contributed by atoms with Crippen molar-refractivity contribution in [1.82, 2.24) is 15.5 Å². The number of guanidine groups is 1. The summed E-state index contributed by atoms with van der Waals surface area (Å²) in [6, 6.07) is 0.723. The van der Waals surface area contributed by atoms with Gasteiger partial charge in [0.2, 0.25) is 0 Å². The van der Waals surface area contributed by atoms with Gasteiger partial charge in [-0.1, -0.05) is 6.42 Å². The van der Waals surface area contributed by atoms with Gasteiger partial charge in [0.25, 0.3) is 0 Å². The third kappa shape index (κ3) is 5.15. The molecule has 2 unspecified atom stereocenters. The highest BCUT2D eigenvalue weighted by Crippen LogP contribution is 2.23. The second-order valence-electron chi connectivity index (χ2n) is 6.64. The second kappa shape index (κ2) is 7.99. The normalized spacial score (nSPS) is 31.4. The average molecular weight is 296 g/mol. The maximum Gasteiger partial charge on any atom is 0.191 e. The number of hydrogen-bond acceptors (Lipinski definition) is 3. The van der Waals surface area contributed by atoms with E-state index >= 15 is 0 Å². The largest absolute Gasteiger partial charge is 0.373 e. The standard InChI is InChI=1S/C16H32N4O/c1-14-7-4-5-10-20(14)11-9-18-15(17-3)19-13-16(2)8-6-12-21-16/h14H,4-13H2,1-3H3,(H2,17,18,19). The Hall–Kier alpha value is -0.810. The highest BCUT2D eigenvalue weighted by atomic mass is 16.5. The van der Waals surface area contributed by atoms with E-state index in [2.05, 4.69) is 34.4 Å². The Bertz CT molecular complexity index is 339. The zero-order valence-electron chi connectivity index (χ0n) is 14.0. The minimum atomic E-state index is -0.0288. The van der Waals surface area contributed by atoms with Crippen molar-refractivity contribution in [3.8, 4) is 0 Å². The van der Waals surface area contributed by atoms with Crippen molar-refractivity contribution in [2.24, 2.45) is 4.99 Å². The molecule has 5 nitrogen and oxygen atoms in total. The Balaban J connectivity index is 1.65. The van der Waals surface area contributed by atoms with Gasteiger partial charge in [-0.3, -0.25) is 9.89 Å². The lowest BCUT2D eigenvalue weighted by molar-refractivity contribution is 0.0242. The minimum Gasteiger partial charge on any atom is -0.373 e. The molecule has 2 aliphatic heterocycles. The fraction of sp³-hybridized carbons (Fsp3) is 0.938. The van der Waals surface area contributed by atoms with Crippen LogP contribution in [-0.4, -0.2) is 62.3 Å². The molecule has 2 atom stereocenters. The quantitative estimate of drug-likeness (QED) is 0.597. The molecule has 0 radical (unpaired) electrons. The lowest BCUT2D eigenvalue weighted by atomic mass is 10.0. The summed E-state index contributed by atoms with van der Waals surface area (Å²) in [6.07, 6.45) is 6.35. The first-order valence-corrected chi connectivity index (χ1v) is 8.45. The van der Waals surface area contributed by atoms with Crippen molar-refractivity contribution < 1.29 is 4.74 Å². The van der Waals surface area contributed by atoms with Crippen LogP contribution in [0.1, 0.15) is 46.0 Å².